The van der Waals surface area contributed by atoms with Crippen LogP contribution in [0.2, 0.25) is 0 Å². The van der Waals surface area contributed by atoms with Crippen LogP contribution in [0.3, 0.4) is 0 Å². The third kappa shape index (κ3) is 22.3. The van der Waals surface area contributed by atoms with Crippen LogP contribution < -0.4 is 15.3 Å². The normalized spacial score (nSPS) is 10.9. The van der Waals surface area contributed by atoms with Gasteiger partial charge in [-0.25, -0.2) is 0 Å². The summed E-state index contributed by atoms with van der Waals surface area (Å²) in [6, 6.07) is 0. The van der Waals surface area contributed by atoms with Crippen LogP contribution in [-0.2, 0) is 14.4 Å². The molecule has 0 bridgehead atoms. The Hall–Kier alpha value is 0.00636. The maximum Gasteiger partial charge on any atom is 3.00 e. The molecule has 0 aromatic carbocycles. The summed E-state index contributed by atoms with van der Waals surface area (Å²) in [6.45, 7) is 0. The Morgan fingerprint density at radius 1 is 0.591 bits per heavy atom. The SMILES string of the molecule is O=C([O-])/C(Cl)=C/Cl.O=C([O-])/C(Cl)=C/Cl.O=C([O-])/C(Cl)=C/Cl.[Ga+3]. The molecule has 0 rings (SSSR count). The van der Waals surface area contributed by atoms with Gasteiger partial charge in [-0.05, 0) is 0 Å². The molecule has 0 fully saturated rings. The minimum atomic E-state index is -1.46. The molecule has 0 N–H and O–H groups in total. The quantitative estimate of drug-likeness (QED) is 0.400. The van der Waals surface area contributed by atoms with E-state index in [0.717, 1.165) is 16.6 Å². The van der Waals surface area contributed by atoms with E-state index in [1.165, 1.54) is 0 Å². The first-order valence-corrected chi connectivity index (χ1v) is 6.51. The summed E-state index contributed by atoms with van der Waals surface area (Å²) >= 11 is 29.1. The monoisotopic (exact) mass is 486 g/mol. The van der Waals surface area contributed by atoms with Crippen LogP contribution in [0.5, 0.6) is 0 Å². The van der Waals surface area contributed by atoms with Crippen LogP contribution in [0.1, 0.15) is 0 Å². The molecule has 0 atom stereocenters. The average Bonchev–Trinajstić information content (AvgIpc) is 2.45. The second-order valence-corrected chi connectivity index (χ2v) is 4.11. The Balaban J connectivity index is -0.000000108. The number of halogens is 6. The van der Waals surface area contributed by atoms with Crippen LogP contribution in [0.15, 0.2) is 31.7 Å². The molecule has 0 saturated carbocycles. The van der Waals surface area contributed by atoms with E-state index in [9.17, 15) is 29.7 Å². The molecule has 0 aromatic rings. The van der Waals surface area contributed by atoms with Crippen molar-refractivity contribution in [2.45, 2.75) is 0 Å². The summed E-state index contributed by atoms with van der Waals surface area (Å²) in [5, 5.41) is 27.1. The molecule has 0 saturated heterocycles. The van der Waals surface area contributed by atoms with E-state index in [4.69, 9.17) is 69.6 Å². The van der Waals surface area contributed by atoms with Crippen molar-refractivity contribution in [1.29, 1.82) is 0 Å². The molecule has 13 heteroatoms. The summed E-state index contributed by atoms with van der Waals surface area (Å²) < 4.78 is 0. The van der Waals surface area contributed by atoms with Gasteiger partial charge in [0.05, 0.1) is 33.0 Å². The minimum absolute atomic E-state index is 0. The Bertz CT molecular complexity index is 395. The second kappa shape index (κ2) is 19.1. The van der Waals surface area contributed by atoms with Crippen molar-refractivity contribution in [2.24, 2.45) is 0 Å². The van der Waals surface area contributed by atoms with Crippen molar-refractivity contribution >= 4 is 107 Å². The van der Waals surface area contributed by atoms with Gasteiger partial charge in [0.15, 0.2) is 0 Å². The molecule has 0 aliphatic carbocycles. The van der Waals surface area contributed by atoms with E-state index in [-0.39, 0.29) is 19.8 Å². The Morgan fingerprint density at radius 2 is 0.727 bits per heavy atom. The van der Waals surface area contributed by atoms with Gasteiger partial charge in [0.25, 0.3) is 0 Å². The van der Waals surface area contributed by atoms with E-state index < -0.39 is 33.0 Å². The fourth-order valence-corrected chi connectivity index (χ4v) is 0.401. The predicted octanol–water partition coefficient (Wildman–Crippen LogP) is -0.215. The third-order valence-electron chi connectivity index (χ3n) is 0.872. The zero-order chi connectivity index (χ0) is 17.6. The molecule has 6 nitrogen and oxygen atoms in total. The molecule has 0 radical (unpaired) electrons. The van der Waals surface area contributed by atoms with Gasteiger partial charge in [-0.15, -0.1) is 0 Å². The number of carbonyl (C=O) groups excluding carboxylic acids is 3. The maximum atomic E-state index is 9.53. The Kier molecular flexibility index (Phi) is 25.9. The van der Waals surface area contributed by atoms with Crippen molar-refractivity contribution in [2.75, 3.05) is 0 Å². The van der Waals surface area contributed by atoms with Gasteiger partial charge in [0.1, 0.15) is 0 Å². The number of rotatable bonds is 3. The van der Waals surface area contributed by atoms with Crippen molar-refractivity contribution in [3.8, 4) is 0 Å². The molecular weight excluding hydrogens is 487 g/mol. The van der Waals surface area contributed by atoms with E-state index in [1.54, 1.807) is 0 Å². The van der Waals surface area contributed by atoms with Crippen LogP contribution in [0.4, 0.5) is 0 Å². The number of aliphatic carboxylic acids is 3. The van der Waals surface area contributed by atoms with E-state index in [2.05, 4.69) is 0 Å². The van der Waals surface area contributed by atoms with E-state index in [1.807, 2.05) is 0 Å². The zero-order valence-corrected chi connectivity index (χ0v) is 17.0. The third-order valence-corrected chi connectivity index (χ3v) is 2.65. The molecule has 0 spiro atoms. The first-order valence-electron chi connectivity index (χ1n) is 4.06. The van der Waals surface area contributed by atoms with Crippen molar-refractivity contribution in [3.05, 3.63) is 31.7 Å². The standard InChI is InChI=1S/3C3H2Cl2O2.Ga/c3*4-1-2(5)3(6)7;/h3*1H,(H,6,7);/q;;;+3/p-3/b3*2-1-;. The van der Waals surface area contributed by atoms with Gasteiger partial charge in [-0.1, -0.05) is 69.6 Å². The summed E-state index contributed by atoms with van der Waals surface area (Å²) in [5.74, 6) is -4.38. The zero-order valence-electron chi connectivity index (χ0n) is 10.0. The first kappa shape index (κ1) is 30.0. The number of hydrogen-bond donors (Lipinski definition) is 0. The summed E-state index contributed by atoms with van der Waals surface area (Å²) in [5.41, 5.74) is 2.20. The van der Waals surface area contributed by atoms with Gasteiger partial charge in [-0.2, -0.15) is 0 Å². The molecule has 120 valence electrons. The molecular formula is C9H3Cl6GaO6. The van der Waals surface area contributed by atoms with Gasteiger partial charge in [0, 0.05) is 16.6 Å². The Labute approximate surface area is 167 Å². The number of carboxylic acids is 3. The Morgan fingerprint density at radius 3 is 0.727 bits per heavy atom. The largest absolute Gasteiger partial charge is 3.00 e. The number of carbonyl (C=O) groups is 3. The first-order chi connectivity index (χ1) is 9.54. The second-order valence-electron chi connectivity index (χ2n) is 2.23. The van der Waals surface area contributed by atoms with Crippen LogP contribution in [0, 0.1) is 0 Å². The predicted molar refractivity (Wildman–Crippen MR) is 80.1 cm³/mol. The smallest absolute Gasteiger partial charge is 0.544 e. The number of hydrogen-bond acceptors (Lipinski definition) is 6. The van der Waals surface area contributed by atoms with Gasteiger partial charge >= 0.3 is 19.8 Å². The van der Waals surface area contributed by atoms with Crippen molar-refractivity contribution in [1.82, 2.24) is 0 Å². The van der Waals surface area contributed by atoms with Crippen LogP contribution >= 0.6 is 69.6 Å². The summed E-state index contributed by atoms with van der Waals surface area (Å²) in [4.78, 5) is 28.6. The van der Waals surface area contributed by atoms with Crippen molar-refractivity contribution in [3.63, 3.8) is 0 Å². The molecule has 0 aliphatic heterocycles. The topological polar surface area (TPSA) is 120 Å². The molecule has 0 amide bonds. The average molecular weight is 490 g/mol. The van der Waals surface area contributed by atoms with E-state index >= 15 is 0 Å². The van der Waals surface area contributed by atoms with Gasteiger partial charge < -0.3 is 29.7 Å². The van der Waals surface area contributed by atoms with Crippen LogP contribution in [0.25, 0.3) is 0 Å². The van der Waals surface area contributed by atoms with E-state index in [0.29, 0.717) is 0 Å². The fourth-order valence-electron chi connectivity index (χ4n) is 0.134. The molecule has 0 aromatic heterocycles. The number of carboxylic acid groups (broad SMARTS) is 3. The summed E-state index contributed by atoms with van der Waals surface area (Å²) in [6.07, 6.45) is 0. The molecule has 22 heavy (non-hydrogen) atoms. The molecule has 0 heterocycles. The fraction of sp³-hybridized carbons (Fsp3) is 0. The van der Waals surface area contributed by atoms with Gasteiger partial charge in [-0.3, -0.25) is 0 Å². The van der Waals surface area contributed by atoms with Crippen LogP contribution in [-0.4, -0.2) is 37.7 Å². The minimum Gasteiger partial charge on any atom is -0.544 e. The van der Waals surface area contributed by atoms with Crippen molar-refractivity contribution < 1.29 is 29.7 Å². The summed E-state index contributed by atoms with van der Waals surface area (Å²) in [7, 11) is 0. The maximum absolute atomic E-state index is 9.53. The molecule has 0 unspecified atom stereocenters. The van der Waals surface area contributed by atoms with Gasteiger partial charge in [0.2, 0.25) is 0 Å². The molecule has 0 aliphatic rings.